The molecule has 92 valence electrons. The molecule has 2 aromatic carbocycles. The Labute approximate surface area is 106 Å². The van der Waals surface area contributed by atoms with Crippen LogP contribution in [0.25, 0.3) is 11.1 Å². The molecule has 0 radical (unpaired) electrons. The second-order valence-electron chi connectivity index (χ2n) is 4.12. The Kier molecular flexibility index (Phi) is 3.33. The number of rotatable bonds is 3. The molecule has 0 atom stereocenters. The van der Waals surface area contributed by atoms with Crippen molar-refractivity contribution in [2.75, 3.05) is 7.11 Å². The predicted octanol–water partition coefficient (Wildman–Crippen LogP) is 3.37. The molecule has 0 fully saturated rings. The highest BCUT2D eigenvalue weighted by molar-refractivity contribution is 5.89. The minimum Gasteiger partial charge on any atom is -0.497 e. The van der Waals surface area contributed by atoms with Crippen LogP contribution in [0, 0.1) is 6.92 Å². The van der Waals surface area contributed by atoms with Crippen LogP contribution >= 0.6 is 0 Å². The van der Waals surface area contributed by atoms with E-state index in [4.69, 9.17) is 9.84 Å². The first kappa shape index (κ1) is 12.2. The van der Waals surface area contributed by atoms with Crippen LogP contribution in [0.3, 0.4) is 0 Å². The Morgan fingerprint density at radius 1 is 1.06 bits per heavy atom. The molecular weight excluding hydrogens is 228 g/mol. The molecule has 0 bridgehead atoms. The van der Waals surface area contributed by atoms with Gasteiger partial charge in [0.15, 0.2) is 0 Å². The van der Waals surface area contributed by atoms with Gasteiger partial charge in [-0.15, -0.1) is 0 Å². The highest BCUT2D eigenvalue weighted by Crippen LogP contribution is 2.24. The van der Waals surface area contributed by atoms with Crippen molar-refractivity contribution >= 4 is 5.97 Å². The maximum Gasteiger partial charge on any atom is 0.335 e. The first-order chi connectivity index (χ1) is 8.60. The molecular formula is C15H14O3. The van der Waals surface area contributed by atoms with Gasteiger partial charge in [0, 0.05) is 0 Å². The highest BCUT2D eigenvalue weighted by Gasteiger charge is 2.06. The summed E-state index contributed by atoms with van der Waals surface area (Å²) >= 11 is 0. The number of carbonyl (C=O) groups is 1. The van der Waals surface area contributed by atoms with Crippen LogP contribution in [0.2, 0.25) is 0 Å². The van der Waals surface area contributed by atoms with Crippen LogP contribution in [0.15, 0.2) is 42.5 Å². The molecule has 0 amide bonds. The summed E-state index contributed by atoms with van der Waals surface area (Å²) in [6, 6.07) is 12.9. The Balaban J connectivity index is 2.46. The van der Waals surface area contributed by atoms with Crippen molar-refractivity contribution in [3.05, 3.63) is 53.6 Å². The van der Waals surface area contributed by atoms with Gasteiger partial charge in [-0.05, 0) is 47.9 Å². The molecule has 0 aliphatic carbocycles. The number of hydrogen-bond acceptors (Lipinski definition) is 2. The lowest BCUT2D eigenvalue weighted by atomic mass is 10.0. The van der Waals surface area contributed by atoms with Crippen LogP contribution in [0.4, 0.5) is 0 Å². The largest absolute Gasteiger partial charge is 0.497 e. The summed E-state index contributed by atoms with van der Waals surface area (Å²) in [6.07, 6.45) is 0. The third-order valence-electron chi connectivity index (χ3n) is 2.75. The van der Waals surface area contributed by atoms with Gasteiger partial charge >= 0.3 is 5.97 Å². The standard InChI is InChI=1S/C15H14O3/c1-10-7-12(9-13(8-10)15(16)17)11-3-5-14(18-2)6-4-11/h3-9H,1-2H3,(H,16,17). The van der Waals surface area contributed by atoms with E-state index < -0.39 is 5.97 Å². The van der Waals surface area contributed by atoms with Gasteiger partial charge in [-0.25, -0.2) is 4.79 Å². The van der Waals surface area contributed by atoms with Crippen LogP contribution < -0.4 is 4.74 Å². The Hall–Kier alpha value is -2.29. The quantitative estimate of drug-likeness (QED) is 0.897. The monoisotopic (exact) mass is 242 g/mol. The molecule has 18 heavy (non-hydrogen) atoms. The zero-order chi connectivity index (χ0) is 13.1. The molecule has 0 heterocycles. The topological polar surface area (TPSA) is 46.5 Å². The van der Waals surface area contributed by atoms with Gasteiger partial charge in [0.2, 0.25) is 0 Å². The molecule has 0 saturated carbocycles. The number of carboxylic acids is 1. The van der Waals surface area contributed by atoms with Crippen LogP contribution in [0.5, 0.6) is 5.75 Å². The Morgan fingerprint density at radius 3 is 2.28 bits per heavy atom. The first-order valence-corrected chi connectivity index (χ1v) is 5.59. The summed E-state index contributed by atoms with van der Waals surface area (Å²) in [6.45, 7) is 1.89. The van der Waals surface area contributed by atoms with Gasteiger partial charge in [0.25, 0.3) is 0 Å². The molecule has 3 nitrogen and oxygen atoms in total. The normalized spacial score (nSPS) is 10.1. The minimum atomic E-state index is -0.909. The third kappa shape index (κ3) is 2.51. The van der Waals surface area contributed by atoms with E-state index in [0.717, 1.165) is 22.4 Å². The fourth-order valence-electron chi connectivity index (χ4n) is 1.86. The summed E-state index contributed by atoms with van der Waals surface area (Å²) in [7, 11) is 1.62. The highest BCUT2D eigenvalue weighted by atomic mass is 16.5. The zero-order valence-corrected chi connectivity index (χ0v) is 10.3. The number of methoxy groups -OCH3 is 1. The molecule has 3 heteroatoms. The third-order valence-corrected chi connectivity index (χ3v) is 2.75. The first-order valence-electron chi connectivity index (χ1n) is 5.59. The number of benzene rings is 2. The van der Waals surface area contributed by atoms with E-state index in [1.165, 1.54) is 0 Å². The summed E-state index contributed by atoms with van der Waals surface area (Å²) in [5, 5.41) is 9.04. The number of aryl methyl sites for hydroxylation is 1. The van der Waals surface area contributed by atoms with E-state index in [0.29, 0.717) is 5.56 Å². The average molecular weight is 242 g/mol. The number of ether oxygens (including phenoxy) is 1. The van der Waals surface area contributed by atoms with Gasteiger partial charge in [0.1, 0.15) is 5.75 Å². The smallest absolute Gasteiger partial charge is 0.335 e. The summed E-state index contributed by atoms with van der Waals surface area (Å²) in [4.78, 5) is 11.0. The lowest BCUT2D eigenvalue weighted by Gasteiger charge is -2.06. The summed E-state index contributed by atoms with van der Waals surface area (Å²) < 4.78 is 5.10. The molecule has 0 aliphatic rings. The van der Waals surface area contributed by atoms with E-state index in [9.17, 15) is 4.79 Å². The van der Waals surface area contributed by atoms with E-state index in [1.54, 1.807) is 19.2 Å². The molecule has 2 aromatic rings. The van der Waals surface area contributed by atoms with Crippen molar-refractivity contribution in [3.63, 3.8) is 0 Å². The second kappa shape index (κ2) is 4.92. The van der Waals surface area contributed by atoms with Gasteiger partial charge in [-0.3, -0.25) is 0 Å². The molecule has 0 spiro atoms. The van der Waals surface area contributed by atoms with Crippen LogP contribution in [-0.2, 0) is 0 Å². The number of carboxylic acid groups (broad SMARTS) is 1. The van der Waals surface area contributed by atoms with Crippen molar-refractivity contribution < 1.29 is 14.6 Å². The molecule has 1 N–H and O–H groups in total. The van der Waals surface area contributed by atoms with E-state index in [2.05, 4.69) is 0 Å². The molecule has 0 saturated heterocycles. The van der Waals surface area contributed by atoms with Crippen molar-refractivity contribution in [2.24, 2.45) is 0 Å². The Bertz CT molecular complexity index is 571. The van der Waals surface area contributed by atoms with Crippen molar-refractivity contribution in [1.29, 1.82) is 0 Å². The van der Waals surface area contributed by atoms with Crippen LogP contribution in [0.1, 0.15) is 15.9 Å². The average Bonchev–Trinajstić information content (AvgIpc) is 2.38. The van der Waals surface area contributed by atoms with Gasteiger partial charge in [-0.2, -0.15) is 0 Å². The maximum atomic E-state index is 11.0. The minimum absolute atomic E-state index is 0.306. The maximum absolute atomic E-state index is 11.0. The fraction of sp³-hybridized carbons (Fsp3) is 0.133. The van der Waals surface area contributed by atoms with Gasteiger partial charge in [0.05, 0.1) is 12.7 Å². The lowest BCUT2D eigenvalue weighted by molar-refractivity contribution is 0.0697. The number of aromatic carboxylic acids is 1. The summed E-state index contributed by atoms with van der Waals surface area (Å²) in [5.74, 6) is -0.127. The number of hydrogen-bond donors (Lipinski definition) is 1. The van der Waals surface area contributed by atoms with E-state index in [1.807, 2.05) is 37.3 Å². The van der Waals surface area contributed by atoms with Gasteiger partial charge in [-0.1, -0.05) is 18.2 Å². The second-order valence-corrected chi connectivity index (χ2v) is 4.12. The molecule has 2 rings (SSSR count). The molecule has 0 unspecified atom stereocenters. The van der Waals surface area contributed by atoms with E-state index >= 15 is 0 Å². The molecule has 0 aromatic heterocycles. The zero-order valence-electron chi connectivity index (χ0n) is 10.3. The van der Waals surface area contributed by atoms with Crippen molar-refractivity contribution in [1.82, 2.24) is 0 Å². The van der Waals surface area contributed by atoms with Crippen molar-refractivity contribution in [2.45, 2.75) is 6.92 Å². The van der Waals surface area contributed by atoms with Crippen LogP contribution in [-0.4, -0.2) is 18.2 Å². The summed E-state index contributed by atoms with van der Waals surface area (Å²) in [5.41, 5.74) is 3.11. The van der Waals surface area contributed by atoms with Gasteiger partial charge < -0.3 is 9.84 Å². The Morgan fingerprint density at radius 2 is 1.72 bits per heavy atom. The molecule has 0 aliphatic heterocycles. The lowest BCUT2D eigenvalue weighted by Crippen LogP contribution is -1.97. The fourth-order valence-corrected chi connectivity index (χ4v) is 1.86. The van der Waals surface area contributed by atoms with E-state index in [-0.39, 0.29) is 0 Å². The SMILES string of the molecule is COc1ccc(-c2cc(C)cc(C(=O)O)c2)cc1. The van der Waals surface area contributed by atoms with Crippen molar-refractivity contribution in [3.8, 4) is 16.9 Å². The predicted molar refractivity (Wildman–Crippen MR) is 70.1 cm³/mol.